The number of aromatic amines is 1. The van der Waals surface area contributed by atoms with Crippen LogP contribution in [0.25, 0.3) is 16.5 Å². The summed E-state index contributed by atoms with van der Waals surface area (Å²) in [6, 6.07) is 7.57. The molecular weight excluding hydrogens is 304 g/mol. The Morgan fingerprint density at radius 1 is 1.17 bits per heavy atom. The third-order valence-corrected chi connectivity index (χ3v) is 4.73. The number of nitrogens with one attached hydrogen (secondary N) is 1. The fourth-order valence-corrected chi connectivity index (χ4v) is 3.53. The van der Waals surface area contributed by atoms with Gasteiger partial charge in [-0.2, -0.15) is 0 Å². The van der Waals surface area contributed by atoms with E-state index in [1.165, 1.54) is 0 Å². The number of aromatic nitrogens is 2. The molecule has 4 rings (SSSR count). The zero-order valence-electron chi connectivity index (χ0n) is 13.8. The molecule has 0 spiro atoms. The highest BCUT2D eigenvalue weighted by atomic mass is 16.5. The summed E-state index contributed by atoms with van der Waals surface area (Å²) in [7, 11) is 3.20. The van der Waals surface area contributed by atoms with E-state index in [1.54, 1.807) is 33.4 Å². The maximum atomic E-state index is 11.3. The molecule has 1 aliphatic rings. The topological polar surface area (TPSA) is 67.4 Å². The number of methoxy groups -OCH3 is 2. The predicted molar refractivity (Wildman–Crippen MR) is 92.4 cm³/mol. The molecule has 1 atom stereocenters. The molecule has 2 aromatic heterocycles. The lowest BCUT2D eigenvalue weighted by Crippen LogP contribution is -2.30. The second kappa shape index (κ2) is 4.85. The van der Waals surface area contributed by atoms with Gasteiger partial charge in [-0.15, -0.1) is 0 Å². The lowest BCUT2D eigenvalue weighted by Gasteiger charge is -2.32. The quantitative estimate of drug-likeness (QED) is 0.760. The molecule has 0 saturated heterocycles. The number of nitrogens with zero attached hydrogens (tertiary/aromatic N) is 1. The molecule has 0 saturated carbocycles. The van der Waals surface area contributed by atoms with Crippen molar-refractivity contribution in [2.24, 2.45) is 0 Å². The number of benzene rings is 1. The average molecular weight is 322 g/mol. The zero-order valence-corrected chi connectivity index (χ0v) is 13.8. The molecule has 3 aromatic rings. The van der Waals surface area contributed by atoms with E-state index in [0.29, 0.717) is 5.88 Å². The normalized spacial score (nSPS) is 19.1. The molecule has 5 heteroatoms. The molecule has 0 bridgehead atoms. The van der Waals surface area contributed by atoms with Crippen molar-refractivity contribution in [2.45, 2.75) is 12.5 Å². The molecule has 1 aromatic carbocycles. The van der Waals surface area contributed by atoms with Crippen LogP contribution in [0.1, 0.15) is 29.3 Å². The number of rotatable bonds is 2. The van der Waals surface area contributed by atoms with Crippen molar-refractivity contribution in [3.63, 3.8) is 0 Å². The van der Waals surface area contributed by atoms with Gasteiger partial charge < -0.3 is 19.6 Å². The van der Waals surface area contributed by atoms with Crippen molar-refractivity contribution in [3.05, 3.63) is 59.4 Å². The number of fused-ring (bicyclic) bond motifs is 4. The highest BCUT2D eigenvalue weighted by Gasteiger charge is 2.40. The van der Waals surface area contributed by atoms with E-state index in [0.717, 1.165) is 44.6 Å². The first-order valence-corrected chi connectivity index (χ1v) is 7.64. The van der Waals surface area contributed by atoms with Crippen LogP contribution >= 0.6 is 0 Å². The fourth-order valence-electron chi connectivity index (χ4n) is 3.53. The van der Waals surface area contributed by atoms with Crippen molar-refractivity contribution in [1.82, 2.24) is 9.97 Å². The summed E-state index contributed by atoms with van der Waals surface area (Å²) in [5.41, 5.74) is 3.54. The van der Waals surface area contributed by atoms with Gasteiger partial charge in [-0.05, 0) is 36.8 Å². The van der Waals surface area contributed by atoms with E-state index in [1.807, 2.05) is 18.2 Å². The number of H-pyrrole nitrogens is 1. The number of pyridine rings is 1. The van der Waals surface area contributed by atoms with E-state index in [2.05, 4.69) is 16.5 Å². The molecule has 24 heavy (non-hydrogen) atoms. The molecule has 122 valence electrons. The Morgan fingerprint density at radius 2 is 1.96 bits per heavy atom. The summed E-state index contributed by atoms with van der Waals surface area (Å²) < 4.78 is 10.7. The van der Waals surface area contributed by atoms with Crippen LogP contribution in [-0.2, 0) is 5.60 Å². The van der Waals surface area contributed by atoms with Crippen LogP contribution < -0.4 is 9.47 Å². The Kier molecular flexibility index (Phi) is 2.99. The van der Waals surface area contributed by atoms with Crippen LogP contribution in [0.2, 0.25) is 0 Å². The molecule has 0 amide bonds. The maximum Gasteiger partial charge on any atom is 0.221 e. The molecule has 2 heterocycles. The molecule has 0 aliphatic heterocycles. The first-order chi connectivity index (χ1) is 11.5. The smallest absolute Gasteiger partial charge is 0.221 e. The molecule has 1 aliphatic carbocycles. The molecule has 0 fully saturated rings. The Labute approximate surface area is 139 Å². The SMILES string of the molecule is C=C1c2c(ccnc2OC)C(C)(O)c2[nH]c3ccc(OC)cc3c21. The third-order valence-electron chi connectivity index (χ3n) is 4.73. The highest BCUT2D eigenvalue weighted by molar-refractivity contribution is 6.02. The van der Waals surface area contributed by atoms with Gasteiger partial charge >= 0.3 is 0 Å². The van der Waals surface area contributed by atoms with Gasteiger partial charge in [0.15, 0.2) is 0 Å². The van der Waals surface area contributed by atoms with E-state index in [9.17, 15) is 5.11 Å². The predicted octanol–water partition coefficient (Wildman–Crippen LogP) is 3.21. The van der Waals surface area contributed by atoms with Gasteiger partial charge in [-0.25, -0.2) is 4.98 Å². The Hall–Kier alpha value is -2.79. The number of ether oxygens (including phenoxy) is 2. The second-order valence-electron chi connectivity index (χ2n) is 6.08. The van der Waals surface area contributed by atoms with Crippen molar-refractivity contribution >= 4 is 16.5 Å². The third kappa shape index (κ3) is 1.76. The molecule has 1 unspecified atom stereocenters. The van der Waals surface area contributed by atoms with Crippen molar-refractivity contribution in [3.8, 4) is 11.6 Å². The van der Waals surface area contributed by atoms with Gasteiger partial charge in [0.1, 0.15) is 11.4 Å². The van der Waals surface area contributed by atoms with Gasteiger partial charge in [-0.1, -0.05) is 6.58 Å². The number of hydrogen-bond acceptors (Lipinski definition) is 4. The van der Waals surface area contributed by atoms with E-state index in [4.69, 9.17) is 9.47 Å². The lowest BCUT2D eigenvalue weighted by atomic mass is 9.77. The molecule has 2 N–H and O–H groups in total. The Morgan fingerprint density at radius 3 is 2.67 bits per heavy atom. The maximum absolute atomic E-state index is 11.3. The van der Waals surface area contributed by atoms with Crippen molar-refractivity contribution in [2.75, 3.05) is 14.2 Å². The van der Waals surface area contributed by atoms with Gasteiger partial charge in [0.25, 0.3) is 0 Å². The van der Waals surface area contributed by atoms with Crippen LogP contribution in [0.4, 0.5) is 0 Å². The summed E-state index contributed by atoms with van der Waals surface area (Å²) in [5.74, 6) is 1.21. The van der Waals surface area contributed by atoms with Crippen LogP contribution in [0.15, 0.2) is 37.0 Å². The van der Waals surface area contributed by atoms with Gasteiger partial charge in [-0.3, -0.25) is 0 Å². The summed E-state index contributed by atoms with van der Waals surface area (Å²) in [5, 5.41) is 12.2. The van der Waals surface area contributed by atoms with Gasteiger partial charge in [0.05, 0.1) is 25.5 Å². The van der Waals surface area contributed by atoms with Crippen LogP contribution in [0, 0.1) is 0 Å². The van der Waals surface area contributed by atoms with Crippen LogP contribution in [0.5, 0.6) is 11.6 Å². The summed E-state index contributed by atoms with van der Waals surface area (Å²) in [4.78, 5) is 7.61. The fraction of sp³-hybridized carbons (Fsp3) is 0.211. The van der Waals surface area contributed by atoms with E-state index >= 15 is 0 Å². The van der Waals surface area contributed by atoms with Crippen molar-refractivity contribution in [1.29, 1.82) is 0 Å². The summed E-state index contributed by atoms with van der Waals surface area (Å²) in [6.07, 6.45) is 1.64. The molecule has 0 radical (unpaired) electrons. The van der Waals surface area contributed by atoms with E-state index in [-0.39, 0.29) is 0 Å². The first kappa shape index (κ1) is 14.8. The summed E-state index contributed by atoms with van der Waals surface area (Å²) in [6.45, 7) is 6.02. The van der Waals surface area contributed by atoms with Gasteiger partial charge in [0.2, 0.25) is 5.88 Å². The molecule has 5 nitrogen and oxygen atoms in total. The van der Waals surface area contributed by atoms with Crippen molar-refractivity contribution < 1.29 is 14.6 Å². The van der Waals surface area contributed by atoms with Crippen LogP contribution in [-0.4, -0.2) is 29.3 Å². The largest absolute Gasteiger partial charge is 0.497 e. The monoisotopic (exact) mass is 322 g/mol. The highest BCUT2D eigenvalue weighted by Crippen LogP contribution is 2.49. The minimum Gasteiger partial charge on any atom is -0.497 e. The standard InChI is InChI=1S/C19H18N2O3/c1-10-15-12-9-11(23-3)5-6-14(12)21-17(15)19(2,22)13-7-8-20-18(24-4)16(10)13/h5-9,21-22H,1H2,2-4H3. The zero-order chi connectivity index (χ0) is 17.1. The van der Waals surface area contributed by atoms with Crippen LogP contribution in [0.3, 0.4) is 0 Å². The summed E-state index contributed by atoms with van der Waals surface area (Å²) >= 11 is 0. The minimum absolute atomic E-state index is 0.459. The van der Waals surface area contributed by atoms with E-state index < -0.39 is 5.60 Å². The Bertz CT molecular complexity index is 986. The minimum atomic E-state index is -1.20. The first-order valence-electron chi connectivity index (χ1n) is 7.64. The lowest BCUT2D eigenvalue weighted by molar-refractivity contribution is 0.0958. The number of aliphatic hydroxyl groups is 1. The molecular formula is C19H18N2O3. The average Bonchev–Trinajstić information content (AvgIpc) is 2.99. The van der Waals surface area contributed by atoms with Gasteiger partial charge in [0, 0.05) is 28.2 Å². The second-order valence-corrected chi connectivity index (χ2v) is 6.08. The Balaban J connectivity index is 2.10. The number of hydrogen-bond donors (Lipinski definition) is 2.